The van der Waals surface area contributed by atoms with Crippen LogP contribution in [-0.2, 0) is 4.79 Å². The Kier molecular flexibility index (Phi) is 3.91. The van der Waals surface area contributed by atoms with Gasteiger partial charge in [-0.15, -0.1) is 11.8 Å². The summed E-state index contributed by atoms with van der Waals surface area (Å²) >= 11 is 1.78. The molecule has 0 atom stereocenters. The lowest BCUT2D eigenvalue weighted by molar-refractivity contribution is -0.117. The molecule has 1 aliphatic rings. The number of benzene rings is 1. The predicted octanol–water partition coefficient (Wildman–Crippen LogP) is 1.35. The maximum atomic E-state index is 12.0. The van der Waals surface area contributed by atoms with E-state index in [4.69, 9.17) is 4.74 Å². The summed E-state index contributed by atoms with van der Waals surface area (Å²) in [5.41, 5.74) is 0.959. The minimum atomic E-state index is 0.0994. The standard InChI is InChI=1S/C12H16N2O2S/c1-13-8-12(15)14-5-6-17-11-4-3-9(16-2)7-10(11)14/h3-4,7,13H,5-6,8H2,1-2H3. The summed E-state index contributed by atoms with van der Waals surface area (Å²) in [5.74, 6) is 1.82. The highest BCUT2D eigenvalue weighted by molar-refractivity contribution is 7.99. The zero-order valence-electron chi connectivity index (χ0n) is 10.0. The first kappa shape index (κ1) is 12.3. The van der Waals surface area contributed by atoms with Crippen molar-refractivity contribution in [3.8, 4) is 5.75 Å². The molecule has 4 nitrogen and oxygen atoms in total. The van der Waals surface area contributed by atoms with E-state index in [9.17, 15) is 4.79 Å². The van der Waals surface area contributed by atoms with Crippen molar-refractivity contribution in [2.24, 2.45) is 0 Å². The van der Waals surface area contributed by atoms with Crippen LogP contribution in [0.3, 0.4) is 0 Å². The summed E-state index contributed by atoms with van der Waals surface area (Å²) < 4.78 is 5.21. The number of ether oxygens (including phenoxy) is 1. The molecule has 0 saturated heterocycles. The third-order valence-corrected chi connectivity index (χ3v) is 3.70. The van der Waals surface area contributed by atoms with Gasteiger partial charge >= 0.3 is 0 Å². The Balaban J connectivity index is 2.31. The van der Waals surface area contributed by atoms with Crippen LogP contribution in [0.2, 0.25) is 0 Å². The largest absolute Gasteiger partial charge is 0.497 e. The molecule has 1 aromatic rings. The van der Waals surface area contributed by atoms with E-state index in [1.165, 1.54) is 0 Å². The molecular formula is C12H16N2O2S. The number of thioether (sulfide) groups is 1. The molecule has 1 N–H and O–H groups in total. The Morgan fingerprint density at radius 3 is 3.12 bits per heavy atom. The van der Waals surface area contributed by atoms with Gasteiger partial charge in [0, 0.05) is 23.3 Å². The molecule has 0 spiro atoms. The van der Waals surface area contributed by atoms with Gasteiger partial charge in [0.25, 0.3) is 0 Å². The highest BCUT2D eigenvalue weighted by Gasteiger charge is 2.22. The fraction of sp³-hybridized carbons (Fsp3) is 0.417. The molecule has 0 fully saturated rings. The third kappa shape index (κ3) is 2.56. The molecule has 0 saturated carbocycles. The lowest BCUT2D eigenvalue weighted by atomic mass is 10.2. The highest BCUT2D eigenvalue weighted by atomic mass is 32.2. The second-order valence-corrected chi connectivity index (χ2v) is 4.89. The van der Waals surface area contributed by atoms with Crippen LogP contribution in [0.1, 0.15) is 0 Å². The Morgan fingerprint density at radius 1 is 1.59 bits per heavy atom. The van der Waals surface area contributed by atoms with Crippen LogP contribution in [0.5, 0.6) is 5.75 Å². The molecule has 0 aromatic heterocycles. The fourth-order valence-corrected chi connectivity index (χ4v) is 2.81. The van der Waals surface area contributed by atoms with E-state index in [1.807, 2.05) is 23.1 Å². The number of methoxy groups -OCH3 is 1. The summed E-state index contributed by atoms with van der Waals surface area (Å²) in [5, 5.41) is 2.89. The van der Waals surface area contributed by atoms with Gasteiger partial charge in [0.15, 0.2) is 0 Å². The lowest BCUT2D eigenvalue weighted by Gasteiger charge is -2.29. The summed E-state index contributed by atoms with van der Waals surface area (Å²) in [6, 6.07) is 5.87. The summed E-state index contributed by atoms with van der Waals surface area (Å²) in [6.45, 7) is 1.12. The van der Waals surface area contributed by atoms with Crippen LogP contribution >= 0.6 is 11.8 Å². The number of hydrogen-bond donors (Lipinski definition) is 1. The Labute approximate surface area is 105 Å². The van der Waals surface area contributed by atoms with Gasteiger partial charge in [-0.05, 0) is 19.2 Å². The van der Waals surface area contributed by atoms with Gasteiger partial charge in [-0.1, -0.05) is 0 Å². The van der Waals surface area contributed by atoms with E-state index in [0.29, 0.717) is 6.54 Å². The first-order valence-electron chi connectivity index (χ1n) is 5.52. The minimum Gasteiger partial charge on any atom is -0.497 e. The van der Waals surface area contributed by atoms with Crippen LogP contribution in [0, 0.1) is 0 Å². The second-order valence-electron chi connectivity index (χ2n) is 3.76. The molecule has 17 heavy (non-hydrogen) atoms. The summed E-state index contributed by atoms with van der Waals surface area (Å²) in [7, 11) is 3.42. The molecule has 1 amide bonds. The van der Waals surface area contributed by atoms with Crippen LogP contribution in [0.4, 0.5) is 5.69 Å². The van der Waals surface area contributed by atoms with Crippen molar-refractivity contribution in [1.82, 2.24) is 5.32 Å². The number of carbonyl (C=O) groups excluding carboxylic acids is 1. The lowest BCUT2D eigenvalue weighted by Crippen LogP contribution is -2.40. The van der Waals surface area contributed by atoms with Gasteiger partial charge in [-0.3, -0.25) is 4.79 Å². The number of nitrogens with one attached hydrogen (secondary N) is 1. The Hall–Kier alpha value is -1.20. The van der Waals surface area contributed by atoms with Gasteiger partial charge < -0.3 is 15.0 Å². The third-order valence-electron chi connectivity index (χ3n) is 2.66. The number of anilines is 1. The number of carbonyl (C=O) groups is 1. The first-order valence-corrected chi connectivity index (χ1v) is 6.50. The Morgan fingerprint density at radius 2 is 2.41 bits per heavy atom. The minimum absolute atomic E-state index is 0.0994. The second kappa shape index (κ2) is 5.42. The smallest absolute Gasteiger partial charge is 0.240 e. The molecule has 1 aliphatic heterocycles. The van der Waals surface area contributed by atoms with Crippen LogP contribution < -0.4 is 15.0 Å². The molecule has 2 rings (SSSR count). The van der Waals surface area contributed by atoms with E-state index in [0.717, 1.165) is 28.6 Å². The number of likely N-dealkylation sites (N-methyl/N-ethyl adjacent to an activating group) is 1. The Bertz CT molecular complexity index is 423. The van der Waals surface area contributed by atoms with Crippen LogP contribution in [0.25, 0.3) is 0 Å². The van der Waals surface area contributed by atoms with Crippen molar-refractivity contribution in [2.75, 3.05) is 37.9 Å². The summed E-state index contributed by atoms with van der Waals surface area (Å²) in [6.07, 6.45) is 0. The van der Waals surface area contributed by atoms with Crippen LogP contribution in [-0.4, -0.2) is 38.9 Å². The van der Waals surface area contributed by atoms with Crippen LogP contribution in [0.15, 0.2) is 23.1 Å². The molecule has 92 valence electrons. The number of hydrogen-bond acceptors (Lipinski definition) is 4. The van der Waals surface area contributed by atoms with E-state index in [1.54, 1.807) is 25.9 Å². The zero-order valence-corrected chi connectivity index (χ0v) is 10.8. The maximum Gasteiger partial charge on any atom is 0.240 e. The number of nitrogens with zero attached hydrogens (tertiary/aromatic N) is 1. The zero-order chi connectivity index (χ0) is 12.3. The normalized spacial score (nSPS) is 14.4. The van der Waals surface area contributed by atoms with Gasteiger partial charge in [0.05, 0.1) is 19.3 Å². The maximum absolute atomic E-state index is 12.0. The number of rotatable bonds is 3. The molecule has 5 heteroatoms. The first-order chi connectivity index (χ1) is 8.26. The SMILES string of the molecule is CNCC(=O)N1CCSc2ccc(OC)cc21. The van der Waals surface area contributed by atoms with Gasteiger partial charge in [0.2, 0.25) is 5.91 Å². The van der Waals surface area contributed by atoms with Crippen molar-refractivity contribution >= 4 is 23.4 Å². The van der Waals surface area contributed by atoms with E-state index in [-0.39, 0.29) is 5.91 Å². The molecule has 1 aromatic carbocycles. The van der Waals surface area contributed by atoms with Crippen molar-refractivity contribution in [1.29, 1.82) is 0 Å². The average Bonchev–Trinajstić information content (AvgIpc) is 2.37. The number of fused-ring (bicyclic) bond motifs is 1. The fourth-order valence-electron chi connectivity index (χ4n) is 1.83. The van der Waals surface area contributed by atoms with Crippen molar-refractivity contribution in [3.63, 3.8) is 0 Å². The van der Waals surface area contributed by atoms with Crippen molar-refractivity contribution in [3.05, 3.63) is 18.2 Å². The monoisotopic (exact) mass is 252 g/mol. The van der Waals surface area contributed by atoms with Gasteiger partial charge in [0.1, 0.15) is 5.75 Å². The van der Waals surface area contributed by atoms with Gasteiger partial charge in [-0.2, -0.15) is 0 Å². The van der Waals surface area contributed by atoms with Crippen molar-refractivity contribution in [2.45, 2.75) is 4.90 Å². The summed E-state index contributed by atoms with van der Waals surface area (Å²) in [4.78, 5) is 14.9. The highest BCUT2D eigenvalue weighted by Crippen LogP contribution is 2.37. The van der Waals surface area contributed by atoms with E-state index in [2.05, 4.69) is 5.32 Å². The molecule has 0 radical (unpaired) electrons. The molecular weight excluding hydrogens is 236 g/mol. The predicted molar refractivity (Wildman–Crippen MR) is 70.0 cm³/mol. The topological polar surface area (TPSA) is 41.6 Å². The van der Waals surface area contributed by atoms with E-state index < -0.39 is 0 Å². The van der Waals surface area contributed by atoms with Crippen molar-refractivity contribution < 1.29 is 9.53 Å². The quantitative estimate of drug-likeness (QED) is 0.882. The molecule has 0 unspecified atom stereocenters. The number of amides is 1. The van der Waals surface area contributed by atoms with E-state index >= 15 is 0 Å². The molecule has 0 bridgehead atoms. The average molecular weight is 252 g/mol. The van der Waals surface area contributed by atoms with Gasteiger partial charge in [-0.25, -0.2) is 0 Å². The molecule has 1 heterocycles. The molecule has 0 aliphatic carbocycles.